The molecule has 2 N–H and O–H groups in total. The van der Waals surface area contributed by atoms with Gasteiger partial charge >= 0.3 is 6.18 Å². The van der Waals surface area contributed by atoms with E-state index >= 15 is 0 Å². The van der Waals surface area contributed by atoms with Crippen molar-refractivity contribution in [2.24, 2.45) is 0 Å². The van der Waals surface area contributed by atoms with Crippen LogP contribution in [0, 0.1) is 6.92 Å². The molecule has 0 atom stereocenters. The predicted octanol–water partition coefficient (Wildman–Crippen LogP) is 3.78. The first kappa shape index (κ1) is 23.8. The maximum Gasteiger partial charge on any atom is 0.416 e. The number of hydrogen-bond acceptors (Lipinski definition) is 6. The van der Waals surface area contributed by atoms with Crippen molar-refractivity contribution in [1.29, 1.82) is 0 Å². The maximum absolute atomic E-state index is 12.7. The van der Waals surface area contributed by atoms with E-state index in [0.717, 1.165) is 12.1 Å². The Labute approximate surface area is 187 Å². The van der Waals surface area contributed by atoms with Crippen molar-refractivity contribution in [3.8, 4) is 5.75 Å². The number of benzene rings is 2. The first-order valence-electron chi connectivity index (χ1n) is 9.98. The Bertz CT molecular complexity index is 1100. The number of aryl methyl sites for hydroxylation is 2. The number of ether oxygens (including phenoxy) is 1. The van der Waals surface area contributed by atoms with Crippen LogP contribution in [0.15, 0.2) is 53.1 Å². The lowest BCUT2D eigenvalue weighted by Crippen LogP contribution is -2.24. The number of amides is 2. The smallest absolute Gasteiger partial charge is 0.416 e. The molecule has 1 heterocycles. The molecule has 8 nitrogen and oxygen atoms in total. The Kier molecular flexibility index (Phi) is 7.65. The van der Waals surface area contributed by atoms with Gasteiger partial charge in [0.05, 0.1) is 5.56 Å². The molecule has 0 aliphatic carbocycles. The summed E-state index contributed by atoms with van der Waals surface area (Å²) in [6.45, 7) is 1.75. The Balaban J connectivity index is 1.41. The summed E-state index contributed by atoms with van der Waals surface area (Å²) >= 11 is 0. The number of anilines is 1. The minimum atomic E-state index is -4.50. The molecule has 0 aliphatic heterocycles. The monoisotopic (exact) mass is 462 g/mol. The number of aromatic nitrogens is 2. The highest BCUT2D eigenvalue weighted by molar-refractivity contribution is 5.94. The van der Waals surface area contributed by atoms with E-state index in [0.29, 0.717) is 42.4 Å². The van der Waals surface area contributed by atoms with Crippen LogP contribution in [0.3, 0.4) is 0 Å². The van der Waals surface area contributed by atoms with Crippen molar-refractivity contribution in [1.82, 2.24) is 15.5 Å². The highest BCUT2D eigenvalue weighted by Gasteiger charge is 2.30. The molecule has 2 aromatic carbocycles. The van der Waals surface area contributed by atoms with Gasteiger partial charge in [0.15, 0.2) is 12.4 Å². The van der Waals surface area contributed by atoms with Crippen LogP contribution in [0.1, 0.15) is 34.1 Å². The summed E-state index contributed by atoms with van der Waals surface area (Å²) in [6.07, 6.45) is -3.31. The van der Waals surface area contributed by atoms with Crippen LogP contribution in [0.2, 0.25) is 0 Å². The second-order valence-electron chi connectivity index (χ2n) is 7.03. The number of nitrogens with one attached hydrogen (secondary N) is 2. The van der Waals surface area contributed by atoms with Gasteiger partial charge in [0, 0.05) is 24.2 Å². The maximum atomic E-state index is 12.7. The average Bonchev–Trinajstić information content (AvgIpc) is 3.20. The van der Waals surface area contributed by atoms with Gasteiger partial charge in [0.1, 0.15) is 5.75 Å². The Morgan fingerprint density at radius 1 is 1.12 bits per heavy atom. The van der Waals surface area contributed by atoms with Crippen molar-refractivity contribution in [2.75, 3.05) is 18.5 Å². The Morgan fingerprint density at radius 3 is 2.55 bits per heavy atom. The fourth-order valence-corrected chi connectivity index (χ4v) is 2.81. The standard InChI is InChI=1S/C22H21F3N4O4/c1-14-27-20(33-29-14)6-3-11-26-21(31)15-7-9-18(10-8-15)32-13-19(30)28-17-5-2-4-16(12-17)22(23,24)25/h2,4-5,7-10,12H,3,6,11,13H2,1H3,(H,26,31)(H,28,30). The molecule has 0 fully saturated rings. The molecule has 0 spiro atoms. The molecule has 174 valence electrons. The van der Waals surface area contributed by atoms with Gasteiger partial charge in [-0.25, -0.2) is 0 Å². The van der Waals surface area contributed by atoms with Gasteiger partial charge < -0.3 is 19.9 Å². The predicted molar refractivity (Wildman–Crippen MR) is 112 cm³/mol. The highest BCUT2D eigenvalue weighted by atomic mass is 19.4. The molecule has 0 unspecified atom stereocenters. The first-order chi connectivity index (χ1) is 15.7. The third kappa shape index (κ3) is 7.34. The van der Waals surface area contributed by atoms with Gasteiger partial charge in [-0.3, -0.25) is 9.59 Å². The molecule has 0 radical (unpaired) electrons. The number of carbonyl (C=O) groups excluding carboxylic acids is 2. The summed E-state index contributed by atoms with van der Waals surface area (Å²) in [5.41, 5.74) is -0.441. The highest BCUT2D eigenvalue weighted by Crippen LogP contribution is 2.30. The minimum absolute atomic E-state index is 0.0136. The van der Waals surface area contributed by atoms with Crippen molar-refractivity contribution < 1.29 is 32.0 Å². The van der Waals surface area contributed by atoms with E-state index < -0.39 is 24.3 Å². The third-order valence-electron chi connectivity index (χ3n) is 4.38. The number of halogens is 3. The third-order valence-corrected chi connectivity index (χ3v) is 4.38. The second-order valence-corrected chi connectivity index (χ2v) is 7.03. The van der Waals surface area contributed by atoms with Crippen LogP contribution in [-0.2, 0) is 17.4 Å². The minimum Gasteiger partial charge on any atom is -0.484 e. The van der Waals surface area contributed by atoms with Crippen molar-refractivity contribution in [3.05, 3.63) is 71.4 Å². The van der Waals surface area contributed by atoms with E-state index in [1.54, 1.807) is 6.92 Å². The van der Waals surface area contributed by atoms with E-state index in [1.165, 1.54) is 36.4 Å². The normalized spacial score (nSPS) is 11.2. The molecule has 33 heavy (non-hydrogen) atoms. The van der Waals surface area contributed by atoms with Gasteiger partial charge in [-0.1, -0.05) is 11.2 Å². The molecule has 0 saturated heterocycles. The quantitative estimate of drug-likeness (QED) is 0.469. The Hall–Kier alpha value is -3.89. The van der Waals surface area contributed by atoms with Crippen LogP contribution >= 0.6 is 0 Å². The number of carbonyl (C=O) groups is 2. The van der Waals surface area contributed by atoms with Gasteiger partial charge in [-0.05, 0) is 55.8 Å². The van der Waals surface area contributed by atoms with E-state index in [-0.39, 0.29) is 11.6 Å². The summed E-state index contributed by atoms with van der Waals surface area (Å²) in [6, 6.07) is 10.4. The van der Waals surface area contributed by atoms with E-state index in [4.69, 9.17) is 9.26 Å². The molecule has 0 aliphatic rings. The lowest BCUT2D eigenvalue weighted by Gasteiger charge is -2.11. The zero-order valence-electron chi connectivity index (χ0n) is 17.6. The van der Waals surface area contributed by atoms with Gasteiger partial charge in [0.25, 0.3) is 11.8 Å². The second kappa shape index (κ2) is 10.6. The largest absolute Gasteiger partial charge is 0.484 e. The van der Waals surface area contributed by atoms with Gasteiger partial charge in [-0.2, -0.15) is 18.2 Å². The number of alkyl halides is 3. The van der Waals surface area contributed by atoms with Crippen LogP contribution in [0.5, 0.6) is 5.75 Å². The van der Waals surface area contributed by atoms with Crippen molar-refractivity contribution >= 4 is 17.5 Å². The van der Waals surface area contributed by atoms with Crippen LogP contribution < -0.4 is 15.4 Å². The Morgan fingerprint density at radius 2 is 1.88 bits per heavy atom. The van der Waals surface area contributed by atoms with E-state index in [9.17, 15) is 22.8 Å². The lowest BCUT2D eigenvalue weighted by molar-refractivity contribution is -0.137. The first-order valence-corrected chi connectivity index (χ1v) is 9.98. The van der Waals surface area contributed by atoms with Crippen molar-refractivity contribution in [2.45, 2.75) is 25.9 Å². The summed E-state index contributed by atoms with van der Waals surface area (Å²) in [5.74, 6) is 0.514. The number of rotatable bonds is 9. The van der Waals surface area contributed by atoms with Gasteiger partial charge in [0.2, 0.25) is 5.89 Å². The topological polar surface area (TPSA) is 106 Å². The lowest BCUT2D eigenvalue weighted by atomic mass is 10.2. The van der Waals surface area contributed by atoms with Crippen LogP contribution in [-0.4, -0.2) is 35.1 Å². The SMILES string of the molecule is Cc1noc(CCCNC(=O)c2ccc(OCC(=O)Nc3cccc(C(F)(F)F)c3)cc2)n1. The van der Waals surface area contributed by atoms with Crippen LogP contribution in [0.4, 0.5) is 18.9 Å². The zero-order valence-corrected chi connectivity index (χ0v) is 17.6. The van der Waals surface area contributed by atoms with E-state index in [2.05, 4.69) is 20.8 Å². The van der Waals surface area contributed by atoms with Gasteiger partial charge in [-0.15, -0.1) is 0 Å². The molecule has 11 heteroatoms. The number of nitrogens with zero attached hydrogens (tertiary/aromatic N) is 2. The molecule has 0 saturated carbocycles. The molecular weight excluding hydrogens is 441 g/mol. The van der Waals surface area contributed by atoms with Crippen LogP contribution in [0.25, 0.3) is 0 Å². The molecule has 2 amide bonds. The molecule has 3 aromatic rings. The number of hydrogen-bond donors (Lipinski definition) is 2. The summed E-state index contributed by atoms with van der Waals surface area (Å²) in [7, 11) is 0. The summed E-state index contributed by atoms with van der Waals surface area (Å²) in [5, 5.41) is 8.82. The summed E-state index contributed by atoms with van der Waals surface area (Å²) in [4.78, 5) is 28.3. The molecular formula is C22H21F3N4O4. The molecule has 0 bridgehead atoms. The fraction of sp³-hybridized carbons (Fsp3) is 0.273. The van der Waals surface area contributed by atoms with E-state index in [1.807, 2.05) is 0 Å². The zero-order chi connectivity index (χ0) is 23.8. The summed E-state index contributed by atoms with van der Waals surface area (Å²) < 4.78 is 48.6. The fourth-order valence-electron chi connectivity index (χ4n) is 2.81. The van der Waals surface area contributed by atoms with Crippen molar-refractivity contribution in [3.63, 3.8) is 0 Å². The molecule has 3 rings (SSSR count). The molecule has 1 aromatic heterocycles. The average molecular weight is 462 g/mol.